The molecule has 0 bridgehead atoms. The molecule has 2 N–H and O–H groups in total. The van der Waals surface area contributed by atoms with Gasteiger partial charge in [-0.25, -0.2) is 9.37 Å². The molecule has 3 aromatic rings. The molecule has 1 saturated heterocycles. The second-order valence-corrected chi connectivity index (χ2v) is 11.1. The van der Waals surface area contributed by atoms with E-state index in [4.69, 9.17) is 4.74 Å². The van der Waals surface area contributed by atoms with Crippen LogP contribution < -0.4 is 10.9 Å². The zero-order valence-corrected chi connectivity index (χ0v) is 21.1. The van der Waals surface area contributed by atoms with Crippen molar-refractivity contribution < 1.29 is 13.9 Å². The Labute approximate surface area is 211 Å². The Morgan fingerprint density at radius 2 is 2.06 bits per heavy atom. The van der Waals surface area contributed by atoms with Gasteiger partial charge in [0.05, 0.1) is 30.4 Å². The Kier molecular flexibility index (Phi) is 7.81. The number of hydrogen-bond acceptors (Lipinski definition) is 7. The minimum atomic E-state index is -0.270. The summed E-state index contributed by atoms with van der Waals surface area (Å²) in [6, 6.07) is 6.46. The molecule has 0 radical (unpaired) electrons. The summed E-state index contributed by atoms with van der Waals surface area (Å²) in [7, 11) is 0. The van der Waals surface area contributed by atoms with Crippen molar-refractivity contribution in [3.63, 3.8) is 0 Å². The van der Waals surface area contributed by atoms with Crippen molar-refractivity contribution in [3.05, 3.63) is 62.3 Å². The van der Waals surface area contributed by atoms with Crippen LogP contribution in [-0.2, 0) is 28.1 Å². The maximum Gasteiger partial charge on any atom is 0.259 e. The maximum absolute atomic E-state index is 13.4. The van der Waals surface area contributed by atoms with E-state index in [9.17, 15) is 14.0 Å². The van der Waals surface area contributed by atoms with Crippen LogP contribution in [0.25, 0.3) is 10.2 Å². The first-order chi connectivity index (χ1) is 17.1. The van der Waals surface area contributed by atoms with Crippen molar-refractivity contribution in [2.75, 3.05) is 38.6 Å². The van der Waals surface area contributed by atoms with Gasteiger partial charge in [-0.15, -0.1) is 11.3 Å². The van der Waals surface area contributed by atoms with Gasteiger partial charge >= 0.3 is 0 Å². The number of hydrogen-bond donors (Lipinski definition) is 2. The highest BCUT2D eigenvalue weighted by atomic mass is 32.2. The largest absolute Gasteiger partial charge is 0.379 e. The van der Waals surface area contributed by atoms with Gasteiger partial charge in [0, 0.05) is 36.7 Å². The van der Waals surface area contributed by atoms with E-state index >= 15 is 0 Å². The Morgan fingerprint density at radius 3 is 2.86 bits per heavy atom. The number of thioether (sulfide) groups is 1. The molecule has 1 aliphatic heterocycles. The Morgan fingerprint density at radius 1 is 1.26 bits per heavy atom. The molecule has 7 nitrogen and oxygen atoms in total. The predicted octanol–water partition coefficient (Wildman–Crippen LogP) is 3.43. The Balaban J connectivity index is 1.12. The zero-order chi connectivity index (χ0) is 24.2. The average Bonchev–Trinajstić information content (AvgIpc) is 3.45. The number of aromatic nitrogens is 2. The van der Waals surface area contributed by atoms with Gasteiger partial charge in [0.2, 0.25) is 5.91 Å². The number of halogens is 1. The van der Waals surface area contributed by atoms with Gasteiger partial charge < -0.3 is 15.0 Å². The molecule has 35 heavy (non-hydrogen) atoms. The minimum absolute atomic E-state index is 0.0236. The summed E-state index contributed by atoms with van der Waals surface area (Å²) < 4.78 is 18.9. The molecule has 0 saturated carbocycles. The number of amides is 1. The third-order valence-electron chi connectivity index (χ3n) is 6.57. The SMILES string of the molecule is O=C(CCSCc1nc2sc3c(c2c(=O)[nH]1)CCC3)NCC(c1ccc(F)cc1)N1CCOCC1. The molecule has 3 heterocycles. The molecule has 2 aliphatic rings. The van der Waals surface area contributed by atoms with Crippen molar-refractivity contribution in [3.8, 4) is 0 Å². The first-order valence-corrected chi connectivity index (χ1v) is 14.0. The van der Waals surface area contributed by atoms with E-state index in [2.05, 4.69) is 20.2 Å². The lowest BCUT2D eigenvalue weighted by atomic mass is 10.0. The molecular weight excluding hydrogens is 487 g/mol. The number of ether oxygens (including phenoxy) is 1. The fourth-order valence-electron chi connectivity index (χ4n) is 4.78. The van der Waals surface area contributed by atoms with Gasteiger partial charge in [-0.1, -0.05) is 12.1 Å². The molecule has 186 valence electrons. The second-order valence-electron chi connectivity index (χ2n) is 8.87. The number of benzene rings is 1. The van der Waals surface area contributed by atoms with E-state index in [1.807, 2.05) is 0 Å². The predicted molar refractivity (Wildman–Crippen MR) is 138 cm³/mol. The number of fused-ring (bicyclic) bond motifs is 3. The summed E-state index contributed by atoms with van der Waals surface area (Å²) >= 11 is 3.23. The van der Waals surface area contributed by atoms with Gasteiger partial charge in [0.1, 0.15) is 16.5 Å². The highest BCUT2D eigenvalue weighted by Gasteiger charge is 2.24. The summed E-state index contributed by atoms with van der Waals surface area (Å²) in [6.45, 7) is 3.31. The molecule has 5 rings (SSSR count). The summed E-state index contributed by atoms with van der Waals surface area (Å²) in [6.07, 6.45) is 3.51. The minimum Gasteiger partial charge on any atom is -0.379 e. The number of H-pyrrole nitrogens is 1. The molecule has 1 aliphatic carbocycles. The number of nitrogens with zero attached hydrogens (tertiary/aromatic N) is 2. The molecule has 1 aromatic carbocycles. The van der Waals surface area contributed by atoms with Crippen LogP contribution in [0.3, 0.4) is 0 Å². The van der Waals surface area contributed by atoms with Crippen molar-refractivity contribution in [1.29, 1.82) is 0 Å². The van der Waals surface area contributed by atoms with Crippen LogP contribution in [0.5, 0.6) is 0 Å². The summed E-state index contributed by atoms with van der Waals surface area (Å²) in [5.74, 6) is 1.56. The van der Waals surface area contributed by atoms with Crippen LogP contribution in [0.15, 0.2) is 29.1 Å². The van der Waals surface area contributed by atoms with Crippen LogP contribution in [0.1, 0.15) is 40.7 Å². The Bertz CT molecular complexity index is 1240. The number of rotatable bonds is 9. The van der Waals surface area contributed by atoms with E-state index in [-0.39, 0.29) is 23.3 Å². The standard InChI is InChI=1S/C25H29FN4O3S2/c26-17-6-4-16(5-7-17)19(30-9-11-33-12-10-30)14-27-22(31)8-13-34-15-21-28-24(32)23-18-2-1-3-20(18)35-25(23)29-21/h4-7,19H,1-3,8-15H2,(H,27,31)(H,28,29,32). The van der Waals surface area contributed by atoms with Gasteiger partial charge in [-0.3, -0.25) is 14.5 Å². The topological polar surface area (TPSA) is 87.3 Å². The fourth-order valence-corrected chi connectivity index (χ4v) is 6.86. The normalized spacial score (nSPS) is 16.9. The molecule has 1 atom stereocenters. The lowest BCUT2D eigenvalue weighted by molar-refractivity contribution is -0.121. The van der Waals surface area contributed by atoms with Gasteiger partial charge in [0.25, 0.3) is 5.56 Å². The first kappa shape index (κ1) is 24.4. The molecular formula is C25H29FN4O3S2. The monoisotopic (exact) mass is 516 g/mol. The van der Waals surface area contributed by atoms with Crippen LogP contribution in [0.2, 0.25) is 0 Å². The van der Waals surface area contributed by atoms with Crippen LogP contribution in [0, 0.1) is 5.82 Å². The number of carbonyl (C=O) groups is 1. The maximum atomic E-state index is 13.4. The van der Waals surface area contributed by atoms with Crippen LogP contribution in [-0.4, -0.2) is 59.4 Å². The fraction of sp³-hybridized carbons (Fsp3) is 0.480. The van der Waals surface area contributed by atoms with Gasteiger partial charge in [-0.05, 0) is 42.5 Å². The van der Waals surface area contributed by atoms with E-state index in [1.165, 1.54) is 22.6 Å². The zero-order valence-electron chi connectivity index (χ0n) is 19.5. The number of carbonyl (C=O) groups excluding carboxylic acids is 1. The number of nitrogens with one attached hydrogen (secondary N) is 2. The molecule has 2 aromatic heterocycles. The van der Waals surface area contributed by atoms with Crippen LogP contribution in [0.4, 0.5) is 4.39 Å². The highest BCUT2D eigenvalue weighted by Crippen LogP contribution is 2.34. The molecule has 1 unspecified atom stereocenters. The lowest BCUT2D eigenvalue weighted by Crippen LogP contribution is -2.43. The van der Waals surface area contributed by atoms with Crippen molar-refractivity contribution in [1.82, 2.24) is 20.2 Å². The van der Waals surface area contributed by atoms with E-state index in [1.54, 1.807) is 35.2 Å². The third-order valence-corrected chi connectivity index (χ3v) is 8.73. The van der Waals surface area contributed by atoms with Crippen LogP contribution >= 0.6 is 23.1 Å². The number of thiophene rings is 1. The average molecular weight is 517 g/mol. The van der Waals surface area contributed by atoms with E-state index < -0.39 is 0 Å². The highest BCUT2D eigenvalue weighted by molar-refractivity contribution is 7.98. The number of aryl methyl sites for hydroxylation is 2. The number of morpholine rings is 1. The quantitative estimate of drug-likeness (QED) is 0.424. The van der Waals surface area contributed by atoms with Crippen molar-refractivity contribution >= 4 is 39.2 Å². The lowest BCUT2D eigenvalue weighted by Gasteiger charge is -2.35. The van der Waals surface area contributed by atoms with Gasteiger partial charge in [0.15, 0.2) is 0 Å². The van der Waals surface area contributed by atoms with Gasteiger partial charge in [-0.2, -0.15) is 11.8 Å². The summed E-state index contributed by atoms with van der Waals surface area (Å²) in [5, 5.41) is 3.82. The molecule has 1 fully saturated rings. The Hall–Kier alpha value is -2.27. The van der Waals surface area contributed by atoms with Crippen molar-refractivity contribution in [2.24, 2.45) is 0 Å². The van der Waals surface area contributed by atoms with Crippen molar-refractivity contribution in [2.45, 2.75) is 37.5 Å². The second kappa shape index (κ2) is 11.2. The molecule has 1 amide bonds. The summed E-state index contributed by atoms with van der Waals surface area (Å²) in [5.41, 5.74) is 2.12. The first-order valence-electron chi connectivity index (χ1n) is 12.0. The van der Waals surface area contributed by atoms with E-state index in [0.29, 0.717) is 43.5 Å². The summed E-state index contributed by atoms with van der Waals surface area (Å²) in [4.78, 5) is 37.1. The molecule has 0 spiro atoms. The third kappa shape index (κ3) is 5.77. The smallest absolute Gasteiger partial charge is 0.259 e. The molecule has 10 heteroatoms. The van der Waals surface area contributed by atoms with E-state index in [0.717, 1.165) is 48.1 Å². The number of aromatic amines is 1.